The van der Waals surface area contributed by atoms with Crippen molar-refractivity contribution in [2.75, 3.05) is 4.42 Å². The zero-order chi connectivity index (χ0) is 10.3. The molecule has 1 aliphatic heterocycles. The number of anilines is 1. The number of nitrogens with two attached hydrogens (primary N) is 1. The molecule has 0 aliphatic carbocycles. The standard InChI is InChI=1S/C9H7ClN2O2/c10-12-7-2-1-5(9(11)14)3-6(7)4-8(12)13/h1-3H,4H2,(H2,11,14). The number of carbonyl (C=O) groups excluding carboxylic acids is 2. The van der Waals surface area contributed by atoms with Gasteiger partial charge in [-0.25, -0.2) is 4.42 Å². The lowest BCUT2D eigenvalue weighted by molar-refractivity contribution is -0.116. The van der Waals surface area contributed by atoms with Crippen LogP contribution in [0.3, 0.4) is 0 Å². The minimum Gasteiger partial charge on any atom is -0.366 e. The second kappa shape index (κ2) is 2.99. The first kappa shape index (κ1) is 9.02. The van der Waals surface area contributed by atoms with Crippen molar-refractivity contribution in [3.8, 4) is 0 Å². The van der Waals surface area contributed by atoms with E-state index in [4.69, 9.17) is 17.5 Å². The normalized spacial score (nSPS) is 14.4. The highest BCUT2D eigenvalue weighted by Gasteiger charge is 2.26. The molecule has 0 unspecified atom stereocenters. The molecule has 5 heteroatoms. The quantitative estimate of drug-likeness (QED) is 0.698. The minimum absolute atomic E-state index is 0.191. The van der Waals surface area contributed by atoms with Gasteiger partial charge in [0.25, 0.3) is 0 Å². The Bertz CT molecular complexity index is 431. The number of fused-ring (bicyclic) bond motifs is 1. The van der Waals surface area contributed by atoms with Crippen molar-refractivity contribution in [3.05, 3.63) is 29.3 Å². The van der Waals surface area contributed by atoms with Crippen LogP contribution in [-0.4, -0.2) is 11.8 Å². The number of nitrogens with zero attached hydrogens (tertiary/aromatic N) is 1. The van der Waals surface area contributed by atoms with Gasteiger partial charge in [0, 0.05) is 17.3 Å². The first-order valence-corrected chi connectivity index (χ1v) is 4.35. The summed E-state index contributed by atoms with van der Waals surface area (Å²) in [5, 5.41) is 0. The molecule has 14 heavy (non-hydrogen) atoms. The van der Waals surface area contributed by atoms with E-state index >= 15 is 0 Å². The van der Waals surface area contributed by atoms with E-state index in [1.807, 2.05) is 0 Å². The Morgan fingerprint density at radius 3 is 2.86 bits per heavy atom. The van der Waals surface area contributed by atoms with Gasteiger partial charge in [0.05, 0.1) is 12.1 Å². The van der Waals surface area contributed by atoms with Gasteiger partial charge in [-0.05, 0) is 23.8 Å². The number of carbonyl (C=O) groups is 2. The fourth-order valence-corrected chi connectivity index (χ4v) is 1.66. The highest BCUT2D eigenvalue weighted by atomic mass is 35.5. The molecule has 0 saturated carbocycles. The van der Waals surface area contributed by atoms with E-state index in [1.54, 1.807) is 18.2 Å². The van der Waals surface area contributed by atoms with Crippen LogP contribution in [0.2, 0.25) is 0 Å². The van der Waals surface area contributed by atoms with E-state index in [0.717, 1.165) is 9.98 Å². The zero-order valence-electron chi connectivity index (χ0n) is 7.16. The second-order valence-corrected chi connectivity index (χ2v) is 3.40. The van der Waals surface area contributed by atoms with Crippen molar-refractivity contribution < 1.29 is 9.59 Å². The molecule has 2 N–H and O–H groups in total. The van der Waals surface area contributed by atoms with E-state index in [-0.39, 0.29) is 12.3 Å². The number of halogens is 1. The van der Waals surface area contributed by atoms with Gasteiger partial charge in [-0.2, -0.15) is 0 Å². The van der Waals surface area contributed by atoms with Gasteiger partial charge in [-0.15, -0.1) is 0 Å². The largest absolute Gasteiger partial charge is 0.366 e. The predicted molar refractivity (Wildman–Crippen MR) is 52.0 cm³/mol. The van der Waals surface area contributed by atoms with Gasteiger partial charge in [-0.3, -0.25) is 9.59 Å². The van der Waals surface area contributed by atoms with E-state index in [9.17, 15) is 9.59 Å². The molecule has 72 valence electrons. The van der Waals surface area contributed by atoms with E-state index in [1.165, 1.54) is 0 Å². The van der Waals surface area contributed by atoms with Crippen LogP contribution in [0.25, 0.3) is 0 Å². The highest BCUT2D eigenvalue weighted by Crippen LogP contribution is 2.30. The smallest absolute Gasteiger partial charge is 0.248 e. The van der Waals surface area contributed by atoms with E-state index < -0.39 is 5.91 Å². The van der Waals surface area contributed by atoms with Crippen molar-refractivity contribution in [1.29, 1.82) is 0 Å². The van der Waals surface area contributed by atoms with Crippen LogP contribution in [0.15, 0.2) is 18.2 Å². The Kier molecular flexibility index (Phi) is 1.93. The summed E-state index contributed by atoms with van der Waals surface area (Å²) < 4.78 is 1.06. The van der Waals surface area contributed by atoms with Crippen molar-refractivity contribution in [1.82, 2.24) is 0 Å². The molecule has 0 fully saturated rings. The van der Waals surface area contributed by atoms with Crippen LogP contribution in [-0.2, 0) is 11.2 Å². The molecule has 0 spiro atoms. The number of amides is 2. The first-order chi connectivity index (χ1) is 6.59. The topological polar surface area (TPSA) is 63.4 Å². The fourth-order valence-electron chi connectivity index (χ4n) is 1.44. The lowest BCUT2D eigenvalue weighted by Gasteiger charge is -2.05. The van der Waals surface area contributed by atoms with Crippen molar-refractivity contribution in [2.45, 2.75) is 6.42 Å². The summed E-state index contributed by atoms with van der Waals surface area (Å²) in [6.07, 6.45) is 0.222. The van der Waals surface area contributed by atoms with Gasteiger partial charge in [0.15, 0.2) is 0 Å². The number of rotatable bonds is 1. The van der Waals surface area contributed by atoms with Crippen molar-refractivity contribution in [2.24, 2.45) is 5.73 Å². The lowest BCUT2D eigenvalue weighted by Crippen LogP contribution is -2.14. The molecular formula is C9H7ClN2O2. The van der Waals surface area contributed by atoms with Gasteiger partial charge in [-0.1, -0.05) is 0 Å². The van der Waals surface area contributed by atoms with Gasteiger partial charge in [0.1, 0.15) is 0 Å². The Balaban J connectivity index is 2.49. The molecule has 1 aliphatic rings. The number of hydrogen-bond acceptors (Lipinski definition) is 2. The monoisotopic (exact) mass is 210 g/mol. The number of hydrogen-bond donors (Lipinski definition) is 1. The SMILES string of the molecule is NC(=O)c1ccc2c(c1)CC(=O)N2Cl. The lowest BCUT2D eigenvalue weighted by atomic mass is 10.1. The van der Waals surface area contributed by atoms with Crippen molar-refractivity contribution in [3.63, 3.8) is 0 Å². The Morgan fingerprint density at radius 2 is 2.21 bits per heavy atom. The Morgan fingerprint density at radius 1 is 1.50 bits per heavy atom. The molecular weight excluding hydrogens is 204 g/mol. The molecule has 0 radical (unpaired) electrons. The second-order valence-electron chi connectivity index (χ2n) is 3.06. The third-order valence-electron chi connectivity index (χ3n) is 2.14. The summed E-state index contributed by atoms with van der Waals surface area (Å²) >= 11 is 5.69. The van der Waals surface area contributed by atoms with Crippen LogP contribution in [0.5, 0.6) is 0 Å². The molecule has 2 rings (SSSR count). The molecule has 0 saturated heterocycles. The molecule has 1 aromatic rings. The summed E-state index contributed by atoms with van der Waals surface area (Å²) in [6, 6.07) is 4.76. The Labute approximate surface area is 85.4 Å². The summed E-state index contributed by atoms with van der Waals surface area (Å²) in [5.41, 5.74) is 6.86. The predicted octanol–water partition coefficient (Wildman–Crippen LogP) is 0.828. The van der Waals surface area contributed by atoms with Crippen LogP contribution in [0.4, 0.5) is 5.69 Å². The maximum absolute atomic E-state index is 11.2. The first-order valence-electron chi connectivity index (χ1n) is 4.01. The fraction of sp³-hybridized carbons (Fsp3) is 0.111. The molecule has 1 aromatic carbocycles. The van der Waals surface area contributed by atoms with Crippen LogP contribution >= 0.6 is 11.8 Å². The average Bonchev–Trinajstić information content (AvgIpc) is 2.42. The van der Waals surface area contributed by atoms with Crippen LogP contribution < -0.4 is 10.2 Å². The van der Waals surface area contributed by atoms with Crippen molar-refractivity contribution >= 4 is 29.3 Å². The molecule has 0 atom stereocenters. The maximum Gasteiger partial charge on any atom is 0.248 e. The summed E-state index contributed by atoms with van der Waals surface area (Å²) in [7, 11) is 0. The molecule has 0 bridgehead atoms. The molecule has 0 aromatic heterocycles. The number of primary amides is 1. The zero-order valence-corrected chi connectivity index (χ0v) is 7.91. The van der Waals surface area contributed by atoms with Crippen LogP contribution in [0, 0.1) is 0 Å². The van der Waals surface area contributed by atoms with Gasteiger partial charge in [0.2, 0.25) is 11.8 Å². The van der Waals surface area contributed by atoms with Crippen LogP contribution in [0.1, 0.15) is 15.9 Å². The molecule has 4 nitrogen and oxygen atoms in total. The number of benzene rings is 1. The third kappa shape index (κ3) is 1.24. The summed E-state index contributed by atoms with van der Waals surface area (Å²) in [4.78, 5) is 22.0. The minimum atomic E-state index is -0.506. The summed E-state index contributed by atoms with van der Waals surface area (Å²) in [6.45, 7) is 0. The van der Waals surface area contributed by atoms with E-state index in [2.05, 4.69) is 0 Å². The van der Waals surface area contributed by atoms with Gasteiger partial charge < -0.3 is 5.73 Å². The third-order valence-corrected chi connectivity index (χ3v) is 2.51. The maximum atomic E-state index is 11.2. The highest BCUT2D eigenvalue weighted by molar-refractivity contribution is 6.38. The molecule has 1 heterocycles. The molecule has 2 amide bonds. The van der Waals surface area contributed by atoms with Gasteiger partial charge >= 0.3 is 0 Å². The summed E-state index contributed by atoms with van der Waals surface area (Å²) in [5.74, 6) is -0.698. The van der Waals surface area contributed by atoms with E-state index in [0.29, 0.717) is 11.3 Å². The average molecular weight is 211 g/mol. The Hall–Kier alpha value is -1.55.